The number of aromatic nitrogens is 2. The molecule has 0 bridgehead atoms. The van der Waals surface area contributed by atoms with Gasteiger partial charge in [-0.15, -0.1) is 0 Å². The molecule has 0 aliphatic heterocycles. The number of nitrogens with one attached hydrogen (secondary N) is 2. The predicted octanol–water partition coefficient (Wildman–Crippen LogP) is 3.34. The number of rotatable bonds is 6. The molecule has 0 radical (unpaired) electrons. The Morgan fingerprint density at radius 2 is 1.96 bits per heavy atom. The summed E-state index contributed by atoms with van der Waals surface area (Å²) in [7, 11) is 0. The van der Waals surface area contributed by atoms with Crippen molar-refractivity contribution in [3.63, 3.8) is 0 Å². The van der Waals surface area contributed by atoms with Crippen molar-refractivity contribution in [1.29, 1.82) is 0 Å². The van der Waals surface area contributed by atoms with Crippen LogP contribution in [-0.2, 0) is 11.3 Å². The average Bonchev–Trinajstić information content (AvgIpc) is 2.97. The highest BCUT2D eigenvalue weighted by Crippen LogP contribution is 2.15. The van der Waals surface area contributed by atoms with Gasteiger partial charge in [0.2, 0.25) is 0 Å². The smallest absolute Gasteiger partial charge is 0.411 e. The molecule has 3 aromatic rings. The Hall–Kier alpha value is -3.35. The summed E-state index contributed by atoms with van der Waals surface area (Å²) in [6.45, 7) is 5.06. The zero-order valence-electron chi connectivity index (χ0n) is 15.4. The third-order valence-electron chi connectivity index (χ3n) is 4.11. The second-order valence-electron chi connectivity index (χ2n) is 5.98. The lowest BCUT2D eigenvalue weighted by Crippen LogP contribution is -2.27. The van der Waals surface area contributed by atoms with Crippen LogP contribution in [0.25, 0.3) is 11.0 Å². The van der Waals surface area contributed by atoms with Crippen molar-refractivity contribution in [2.24, 2.45) is 0 Å². The van der Waals surface area contributed by atoms with Gasteiger partial charge in [-0.05, 0) is 44.2 Å². The van der Waals surface area contributed by atoms with Crippen LogP contribution < -0.4 is 10.6 Å². The van der Waals surface area contributed by atoms with Crippen molar-refractivity contribution in [3.8, 4) is 0 Å². The summed E-state index contributed by atoms with van der Waals surface area (Å²) in [6.07, 6.45) is -0.544. The SMILES string of the molecule is CCOC(=O)Nc1cccc(C(=O)NCCn2c(C)nc3ccccc32)c1. The number of carbonyl (C=O) groups excluding carboxylic acids is 2. The minimum absolute atomic E-state index is 0.204. The van der Waals surface area contributed by atoms with Crippen LogP contribution >= 0.6 is 0 Å². The number of fused-ring (bicyclic) bond motifs is 1. The Morgan fingerprint density at radius 3 is 2.78 bits per heavy atom. The van der Waals surface area contributed by atoms with Crippen LogP contribution in [0.15, 0.2) is 48.5 Å². The van der Waals surface area contributed by atoms with Crippen LogP contribution in [0, 0.1) is 6.92 Å². The number of hydrogen-bond acceptors (Lipinski definition) is 4. The number of amides is 2. The number of carbonyl (C=O) groups is 2. The number of aryl methyl sites for hydroxylation is 1. The second kappa shape index (κ2) is 8.35. The molecular weight excluding hydrogens is 344 g/mol. The van der Waals surface area contributed by atoms with E-state index in [1.807, 2.05) is 31.2 Å². The molecule has 0 spiro atoms. The lowest BCUT2D eigenvalue weighted by molar-refractivity contribution is 0.0952. The maximum atomic E-state index is 12.4. The monoisotopic (exact) mass is 366 g/mol. The van der Waals surface area contributed by atoms with Gasteiger partial charge in [0.1, 0.15) is 5.82 Å². The molecule has 0 aliphatic carbocycles. The molecule has 7 nitrogen and oxygen atoms in total. The molecule has 3 rings (SSSR count). The fraction of sp³-hybridized carbons (Fsp3) is 0.250. The van der Waals surface area contributed by atoms with Crippen molar-refractivity contribution in [1.82, 2.24) is 14.9 Å². The molecular formula is C20H22N4O3. The van der Waals surface area contributed by atoms with Crippen molar-refractivity contribution in [2.45, 2.75) is 20.4 Å². The number of para-hydroxylation sites is 2. The normalized spacial score (nSPS) is 10.6. The number of nitrogens with zero attached hydrogens (tertiary/aromatic N) is 2. The van der Waals surface area contributed by atoms with Crippen molar-refractivity contribution < 1.29 is 14.3 Å². The van der Waals surface area contributed by atoms with E-state index in [0.717, 1.165) is 16.9 Å². The summed E-state index contributed by atoms with van der Waals surface area (Å²) in [6, 6.07) is 14.6. The van der Waals surface area contributed by atoms with E-state index in [9.17, 15) is 9.59 Å². The van der Waals surface area contributed by atoms with Gasteiger partial charge in [-0.3, -0.25) is 10.1 Å². The van der Waals surface area contributed by atoms with Crippen molar-refractivity contribution in [2.75, 3.05) is 18.5 Å². The van der Waals surface area contributed by atoms with Crippen molar-refractivity contribution in [3.05, 3.63) is 59.9 Å². The number of anilines is 1. The molecule has 27 heavy (non-hydrogen) atoms. The molecule has 0 saturated carbocycles. The van der Waals surface area contributed by atoms with Crippen LogP contribution in [0.5, 0.6) is 0 Å². The van der Waals surface area contributed by atoms with Crippen LogP contribution in [0.1, 0.15) is 23.1 Å². The summed E-state index contributed by atoms with van der Waals surface area (Å²) in [5.74, 6) is 0.704. The Kier molecular flexibility index (Phi) is 5.71. The number of ether oxygens (including phenoxy) is 1. The molecule has 1 aromatic heterocycles. The third kappa shape index (κ3) is 4.44. The van der Waals surface area contributed by atoms with E-state index in [0.29, 0.717) is 24.3 Å². The zero-order chi connectivity index (χ0) is 19.2. The molecule has 2 N–H and O–H groups in total. The molecule has 0 fully saturated rings. The van der Waals surface area contributed by atoms with Crippen LogP contribution in [0.4, 0.5) is 10.5 Å². The molecule has 0 aliphatic rings. The molecule has 0 unspecified atom stereocenters. The van der Waals surface area contributed by atoms with Gasteiger partial charge in [0, 0.05) is 24.3 Å². The van der Waals surface area contributed by atoms with Gasteiger partial charge in [0.05, 0.1) is 17.6 Å². The first-order chi connectivity index (χ1) is 13.1. The van der Waals surface area contributed by atoms with E-state index in [4.69, 9.17) is 4.74 Å². The minimum atomic E-state index is -0.544. The largest absolute Gasteiger partial charge is 0.450 e. The molecule has 2 aromatic carbocycles. The summed E-state index contributed by atoms with van der Waals surface area (Å²) >= 11 is 0. The molecule has 140 valence electrons. The molecule has 0 saturated heterocycles. The molecule has 0 atom stereocenters. The number of imidazole rings is 1. The lowest BCUT2D eigenvalue weighted by Gasteiger charge is -2.10. The Balaban J connectivity index is 1.61. The van der Waals surface area contributed by atoms with E-state index < -0.39 is 6.09 Å². The highest BCUT2D eigenvalue weighted by Gasteiger charge is 2.10. The first-order valence-corrected chi connectivity index (χ1v) is 8.82. The summed E-state index contributed by atoms with van der Waals surface area (Å²) in [5, 5.41) is 5.49. The maximum absolute atomic E-state index is 12.4. The Morgan fingerprint density at radius 1 is 1.15 bits per heavy atom. The first kappa shape index (κ1) is 18.4. The van der Waals surface area contributed by atoms with E-state index in [1.54, 1.807) is 31.2 Å². The van der Waals surface area contributed by atoms with Gasteiger partial charge < -0.3 is 14.6 Å². The molecule has 2 amide bonds. The number of hydrogen-bond donors (Lipinski definition) is 2. The summed E-state index contributed by atoms with van der Waals surface area (Å²) in [5.41, 5.74) is 2.97. The minimum Gasteiger partial charge on any atom is -0.450 e. The van der Waals surface area contributed by atoms with Gasteiger partial charge in [-0.25, -0.2) is 9.78 Å². The van der Waals surface area contributed by atoms with Gasteiger partial charge in [-0.2, -0.15) is 0 Å². The van der Waals surface area contributed by atoms with E-state index in [2.05, 4.69) is 20.2 Å². The van der Waals surface area contributed by atoms with Gasteiger partial charge >= 0.3 is 6.09 Å². The van der Waals surface area contributed by atoms with Crippen LogP contribution in [0.2, 0.25) is 0 Å². The lowest BCUT2D eigenvalue weighted by atomic mass is 10.2. The van der Waals surface area contributed by atoms with Crippen LogP contribution in [-0.4, -0.2) is 34.7 Å². The van der Waals surface area contributed by atoms with Gasteiger partial charge in [0.25, 0.3) is 5.91 Å². The second-order valence-corrected chi connectivity index (χ2v) is 5.98. The van der Waals surface area contributed by atoms with Crippen LogP contribution in [0.3, 0.4) is 0 Å². The quantitative estimate of drug-likeness (QED) is 0.701. The molecule has 7 heteroatoms. The van der Waals surface area contributed by atoms with Gasteiger partial charge in [0.15, 0.2) is 0 Å². The van der Waals surface area contributed by atoms with Gasteiger partial charge in [-0.1, -0.05) is 18.2 Å². The zero-order valence-corrected chi connectivity index (χ0v) is 15.4. The number of benzene rings is 2. The Bertz CT molecular complexity index is 965. The third-order valence-corrected chi connectivity index (χ3v) is 4.11. The average molecular weight is 366 g/mol. The highest BCUT2D eigenvalue weighted by atomic mass is 16.5. The van der Waals surface area contributed by atoms with E-state index in [-0.39, 0.29) is 12.5 Å². The van der Waals surface area contributed by atoms with E-state index >= 15 is 0 Å². The van der Waals surface area contributed by atoms with E-state index in [1.165, 1.54) is 0 Å². The topological polar surface area (TPSA) is 85.2 Å². The van der Waals surface area contributed by atoms with Crippen molar-refractivity contribution >= 4 is 28.7 Å². The fourth-order valence-electron chi connectivity index (χ4n) is 2.88. The Labute approximate surface area is 157 Å². The standard InChI is InChI=1S/C20H22N4O3/c1-3-27-20(26)23-16-8-6-7-15(13-16)19(25)21-11-12-24-14(2)22-17-9-4-5-10-18(17)24/h4-10,13H,3,11-12H2,1-2H3,(H,21,25)(H,23,26). The fourth-order valence-corrected chi connectivity index (χ4v) is 2.88. The predicted molar refractivity (Wildman–Crippen MR) is 104 cm³/mol. The molecule has 1 heterocycles. The summed E-state index contributed by atoms with van der Waals surface area (Å²) in [4.78, 5) is 28.4. The highest BCUT2D eigenvalue weighted by molar-refractivity contribution is 5.96. The first-order valence-electron chi connectivity index (χ1n) is 8.82. The maximum Gasteiger partial charge on any atom is 0.411 e. The summed E-state index contributed by atoms with van der Waals surface area (Å²) < 4.78 is 6.92.